The highest BCUT2D eigenvalue weighted by Gasteiger charge is 2.57. The van der Waals surface area contributed by atoms with Gasteiger partial charge in [0.25, 0.3) is 11.6 Å². The van der Waals surface area contributed by atoms with Crippen LogP contribution in [-0.2, 0) is 28.7 Å². The molecule has 4 atom stereocenters. The predicted octanol–water partition coefficient (Wildman–Crippen LogP) is 2.85. The molecule has 0 aromatic heterocycles. The van der Waals surface area contributed by atoms with Crippen molar-refractivity contribution in [2.24, 2.45) is 0 Å². The van der Waals surface area contributed by atoms with E-state index in [1.165, 1.54) is 0 Å². The third-order valence-electron chi connectivity index (χ3n) is 4.91. The van der Waals surface area contributed by atoms with E-state index in [4.69, 9.17) is 32.7 Å². The summed E-state index contributed by atoms with van der Waals surface area (Å²) in [5, 5.41) is 0.517. The van der Waals surface area contributed by atoms with E-state index in [2.05, 4.69) is 0 Å². The molecule has 2 aliphatic heterocycles. The van der Waals surface area contributed by atoms with Gasteiger partial charge in [0, 0.05) is 10.0 Å². The Kier molecular flexibility index (Phi) is 4.69. The molecule has 0 bridgehead atoms. The number of hydrogen-bond acceptors (Lipinski definition) is 6. The zero-order chi connectivity index (χ0) is 20.0. The van der Waals surface area contributed by atoms with Gasteiger partial charge in [-0.15, -0.1) is 0 Å². The van der Waals surface area contributed by atoms with E-state index in [1.54, 1.807) is 48.5 Å². The van der Waals surface area contributed by atoms with Crippen LogP contribution in [0.1, 0.15) is 23.0 Å². The van der Waals surface area contributed by atoms with Gasteiger partial charge in [0.15, 0.2) is 12.2 Å². The Balaban J connectivity index is 1.81. The van der Waals surface area contributed by atoms with Crippen molar-refractivity contribution >= 4 is 46.7 Å². The molecular formula is C20H12Cl2O6. The zero-order valence-electron chi connectivity index (χ0n) is 14.1. The summed E-state index contributed by atoms with van der Waals surface area (Å²) in [6.45, 7) is 0. The summed E-state index contributed by atoms with van der Waals surface area (Å²) in [5.74, 6) is -5.96. The van der Waals surface area contributed by atoms with Gasteiger partial charge < -0.3 is 9.47 Å². The number of cyclic esters (lactones) is 2. The maximum Gasteiger partial charge on any atom is 0.375 e. The molecule has 8 heteroatoms. The highest BCUT2D eigenvalue weighted by atomic mass is 35.5. The zero-order valence-corrected chi connectivity index (χ0v) is 15.6. The van der Waals surface area contributed by atoms with Crippen LogP contribution in [0.5, 0.6) is 0 Å². The number of carbonyl (C=O) groups excluding carboxylic acids is 4. The van der Waals surface area contributed by atoms with Crippen molar-refractivity contribution in [2.75, 3.05) is 0 Å². The smallest absolute Gasteiger partial charge is 0.375 e. The number of esters is 2. The van der Waals surface area contributed by atoms with Gasteiger partial charge in [0.2, 0.25) is 0 Å². The minimum absolute atomic E-state index is 0.258. The van der Waals surface area contributed by atoms with Crippen molar-refractivity contribution in [3.63, 3.8) is 0 Å². The van der Waals surface area contributed by atoms with Crippen LogP contribution in [0, 0.1) is 0 Å². The molecule has 0 aliphatic carbocycles. The fourth-order valence-electron chi connectivity index (χ4n) is 3.66. The number of carbonyl (C=O) groups is 4. The second-order valence-electron chi connectivity index (χ2n) is 6.47. The van der Waals surface area contributed by atoms with E-state index in [-0.39, 0.29) is 10.0 Å². The molecule has 28 heavy (non-hydrogen) atoms. The third kappa shape index (κ3) is 2.89. The molecule has 0 amide bonds. The lowest BCUT2D eigenvalue weighted by Crippen LogP contribution is -2.36. The summed E-state index contributed by atoms with van der Waals surface area (Å²) in [7, 11) is 0. The fourth-order valence-corrected chi connectivity index (χ4v) is 4.16. The number of hydrogen-bond donors (Lipinski definition) is 0. The molecule has 0 unspecified atom stereocenters. The molecule has 142 valence electrons. The molecule has 2 heterocycles. The average molecular weight is 419 g/mol. The van der Waals surface area contributed by atoms with E-state index in [9.17, 15) is 19.2 Å². The number of ketones is 2. The summed E-state index contributed by atoms with van der Waals surface area (Å²) in [6, 6.07) is 13.0. The quantitative estimate of drug-likeness (QED) is 0.562. The van der Waals surface area contributed by atoms with Crippen LogP contribution in [0.3, 0.4) is 0 Å². The minimum Gasteiger partial charge on any atom is -0.451 e. The molecule has 6 nitrogen and oxygen atoms in total. The first-order valence-electron chi connectivity index (χ1n) is 8.38. The lowest BCUT2D eigenvalue weighted by molar-refractivity contribution is -0.157. The average Bonchev–Trinajstić information content (AvgIpc) is 3.13. The molecule has 4 rings (SSSR count). The predicted molar refractivity (Wildman–Crippen MR) is 98.2 cm³/mol. The molecule has 2 aromatic carbocycles. The normalized spacial score (nSPS) is 27.1. The monoisotopic (exact) mass is 418 g/mol. The van der Waals surface area contributed by atoms with Crippen LogP contribution in [0.25, 0.3) is 0 Å². The highest BCUT2D eigenvalue weighted by Crippen LogP contribution is 2.43. The Morgan fingerprint density at radius 1 is 0.607 bits per heavy atom. The lowest BCUT2D eigenvalue weighted by atomic mass is 9.81. The highest BCUT2D eigenvalue weighted by molar-refractivity contribution is 6.40. The van der Waals surface area contributed by atoms with Crippen molar-refractivity contribution < 1.29 is 28.7 Å². The summed E-state index contributed by atoms with van der Waals surface area (Å²) in [4.78, 5) is 49.1. The van der Waals surface area contributed by atoms with Gasteiger partial charge in [-0.1, -0.05) is 59.6 Å². The second-order valence-corrected chi connectivity index (χ2v) is 7.28. The van der Waals surface area contributed by atoms with Gasteiger partial charge in [0.05, 0.1) is 11.8 Å². The van der Waals surface area contributed by atoms with Crippen molar-refractivity contribution in [3.05, 3.63) is 69.7 Å². The van der Waals surface area contributed by atoms with Crippen LogP contribution in [0.4, 0.5) is 0 Å². The number of benzene rings is 2. The maximum atomic E-state index is 12.5. The third-order valence-corrected chi connectivity index (χ3v) is 5.60. The number of Topliss-reactive ketones (excluding diaryl/α,β-unsaturated/α-hetero) is 2. The van der Waals surface area contributed by atoms with E-state index < -0.39 is 47.5 Å². The topological polar surface area (TPSA) is 86.7 Å². The van der Waals surface area contributed by atoms with E-state index in [0.717, 1.165) is 0 Å². The van der Waals surface area contributed by atoms with Gasteiger partial charge >= 0.3 is 11.9 Å². The lowest BCUT2D eigenvalue weighted by Gasteiger charge is -2.26. The Morgan fingerprint density at radius 2 is 0.964 bits per heavy atom. The van der Waals surface area contributed by atoms with E-state index in [1.807, 2.05) is 0 Å². The van der Waals surface area contributed by atoms with Gasteiger partial charge in [-0.2, -0.15) is 0 Å². The molecule has 2 aromatic rings. The fraction of sp³-hybridized carbons (Fsp3) is 0.200. The number of ether oxygens (including phenoxy) is 2. The molecule has 2 fully saturated rings. The second kappa shape index (κ2) is 7.04. The Morgan fingerprint density at radius 3 is 1.32 bits per heavy atom. The SMILES string of the molecule is O=C1O[C@H]([C@@H]2OC(=O)C(=O)[C@H]2c2ccccc2Cl)[C@H](c2ccccc2Cl)C1=O. The molecule has 0 N–H and O–H groups in total. The summed E-state index contributed by atoms with van der Waals surface area (Å²) < 4.78 is 10.5. The standard InChI is InChI=1S/C20H12Cl2O6/c21-11-7-3-1-5-9(11)13-15(23)19(25)27-17(13)18-14(16(24)20(26)28-18)10-6-2-4-8-12(10)22/h1-8,13-14,17-18H/t13-,14-,17-,18+/m1/s1. The molecule has 0 spiro atoms. The minimum atomic E-state index is -1.20. The van der Waals surface area contributed by atoms with Crippen LogP contribution < -0.4 is 0 Å². The summed E-state index contributed by atoms with van der Waals surface area (Å²) in [6.07, 6.45) is -2.40. The summed E-state index contributed by atoms with van der Waals surface area (Å²) >= 11 is 12.4. The first-order chi connectivity index (χ1) is 13.4. The van der Waals surface area contributed by atoms with Crippen molar-refractivity contribution in [1.29, 1.82) is 0 Å². The van der Waals surface area contributed by atoms with Gasteiger partial charge in [-0.3, -0.25) is 9.59 Å². The Labute approximate surface area is 169 Å². The van der Waals surface area contributed by atoms with Gasteiger partial charge in [-0.05, 0) is 23.3 Å². The molecule has 0 radical (unpaired) electrons. The van der Waals surface area contributed by atoms with Gasteiger partial charge in [-0.25, -0.2) is 9.59 Å². The Hall–Kier alpha value is -2.70. The number of rotatable bonds is 3. The summed E-state index contributed by atoms with van der Waals surface area (Å²) in [5.41, 5.74) is 0.719. The Bertz CT molecular complexity index is 936. The first-order valence-corrected chi connectivity index (χ1v) is 9.14. The van der Waals surface area contributed by atoms with Crippen LogP contribution >= 0.6 is 23.2 Å². The first kappa shape index (κ1) is 18.7. The molecular weight excluding hydrogens is 407 g/mol. The molecule has 2 aliphatic rings. The van der Waals surface area contributed by atoms with Crippen LogP contribution in [0.2, 0.25) is 10.0 Å². The van der Waals surface area contributed by atoms with Crippen molar-refractivity contribution in [3.8, 4) is 0 Å². The largest absolute Gasteiger partial charge is 0.451 e. The van der Waals surface area contributed by atoms with E-state index >= 15 is 0 Å². The van der Waals surface area contributed by atoms with E-state index in [0.29, 0.717) is 11.1 Å². The number of halogens is 2. The van der Waals surface area contributed by atoms with Crippen LogP contribution in [0.15, 0.2) is 48.5 Å². The van der Waals surface area contributed by atoms with Crippen molar-refractivity contribution in [2.45, 2.75) is 24.0 Å². The van der Waals surface area contributed by atoms with Crippen LogP contribution in [-0.4, -0.2) is 35.7 Å². The maximum absolute atomic E-state index is 12.5. The molecule has 0 saturated carbocycles. The van der Waals surface area contributed by atoms with Gasteiger partial charge in [0.1, 0.15) is 0 Å². The van der Waals surface area contributed by atoms with Crippen molar-refractivity contribution in [1.82, 2.24) is 0 Å². The molecule has 2 saturated heterocycles.